The number of amides is 2. The number of carbonyl (C=O) groups is 2. The van der Waals surface area contributed by atoms with Crippen molar-refractivity contribution in [3.63, 3.8) is 0 Å². The highest BCUT2D eigenvalue weighted by Gasteiger charge is 2.22. The third-order valence-corrected chi connectivity index (χ3v) is 3.01. The lowest BCUT2D eigenvalue weighted by Crippen LogP contribution is -2.46. The second kappa shape index (κ2) is 7.59. The molecule has 0 unspecified atom stereocenters. The molecule has 0 radical (unpaired) electrons. The van der Waals surface area contributed by atoms with Crippen molar-refractivity contribution in [3.05, 3.63) is 0 Å². The van der Waals surface area contributed by atoms with Crippen LogP contribution in [0.3, 0.4) is 0 Å². The van der Waals surface area contributed by atoms with Crippen molar-refractivity contribution in [1.82, 2.24) is 9.80 Å². The minimum atomic E-state index is -1.04. The van der Waals surface area contributed by atoms with E-state index in [4.69, 9.17) is 11.5 Å². The Labute approximate surface area is 108 Å². The molecular weight excluding hydrogens is 232 g/mol. The molecule has 0 aliphatic carbocycles. The van der Waals surface area contributed by atoms with Crippen molar-refractivity contribution in [1.29, 1.82) is 0 Å². The topological polar surface area (TPSA) is 60.9 Å². The van der Waals surface area contributed by atoms with E-state index >= 15 is 0 Å². The molecule has 1 heterocycles. The van der Waals surface area contributed by atoms with Crippen molar-refractivity contribution < 1.29 is 14.7 Å². The zero-order valence-corrected chi connectivity index (χ0v) is 10.6. The molecule has 2 amide bonds. The first-order chi connectivity index (χ1) is 8.65. The number of carboxylic acids is 1. The van der Waals surface area contributed by atoms with Gasteiger partial charge in [0.25, 0.3) is 0 Å². The highest BCUT2D eigenvalue weighted by Crippen LogP contribution is 2.12. The Hall–Kier alpha value is -1.70. The Bertz CT molecular complexity index is 328. The lowest BCUT2D eigenvalue weighted by atomic mass is 10.1. The van der Waals surface area contributed by atoms with Crippen molar-refractivity contribution >= 4 is 12.0 Å². The van der Waals surface area contributed by atoms with E-state index in [0.717, 1.165) is 25.7 Å². The van der Waals surface area contributed by atoms with Crippen molar-refractivity contribution in [2.24, 2.45) is 0 Å². The Balaban J connectivity index is 2.61. The summed E-state index contributed by atoms with van der Waals surface area (Å²) in [7, 11) is 0. The maximum atomic E-state index is 12.2. The van der Waals surface area contributed by atoms with E-state index in [1.807, 2.05) is 0 Å². The minimum Gasteiger partial charge on any atom is -0.480 e. The molecule has 1 aliphatic rings. The highest BCUT2D eigenvalue weighted by atomic mass is 16.4. The molecule has 5 nitrogen and oxygen atoms in total. The summed E-state index contributed by atoms with van der Waals surface area (Å²) in [5, 5.41) is 8.78. The number of urea groups is 1. The number of carbonyl (C=O) groups excluding carboxylic acids is 1. The number of terminal acetylenes is 1. The first-order valence-corrected chi connectivity index (χ1v) is 6.34. The van der Waals surface area contributed by atoms with Crippen molar-refractivity contribution in [2.75, 3.05) is 26.2 Å². The molecule has 1 N–H and O–H groups in total. The Morgan fingerprint density at radius 3 is 2.22 bits per heavy atom. The summed E-state index contributed by atoms with van der Waals surface area (Å²) in [6.45, 7) is 1.10. The van der Waals surface area contributed by atoms with Crippen LogP contribution in [0, 0.1) is 12.3 Å². The SMILES string of the molecule is C#CCN(CC(=O)O)C(=O)N1CCCCCCC1. The van der Waals surface area contributed by atoms with Gasteiger partial charge in [-0.1, -0.05) is 25.2 Å². The predicted molar refractivity (Wildman–Crippen MR) is 68.1 cm³/mol. The minimum absolute atomic E-state index is 0.0433. The molecule has 100 valence electrons. The van der Waals surface area contributed by atoms with E-state index in [1.54, 1.807) is 4.90 Å². The molecule has 1 saturated heterocycles. The van der Waals surface area contributed by atoms with Crippen LogP contribution in [0.25, 0.3) is 0 Å². The number of hydrogen-bond acceptors (Lipinski definition) is 2. The zero-order valence-electron chi connectivity index (χ0n) is 10.6. The van der Waals surface area contributed by atoms with Gasteiger partial charge < -0.3 is 14.9 Å². The van der Waals surface area contributed by atoms with Gasteiger partial charge in [0.2, 0.25) is 0 Å². The van der Waals surface area contributed by atoms with Gasteiger partial charge in [-0.3, -0.25) is 4.79 Å². The van der Waals surface area contributed by atoms with Gasteiger partial charge in [-0.15, -0.1) is 6.42 Å². The maximum Gasteiger partial charge on any atom is 0.323 e. The van der Waals surface area contributed by atoms with Crippen molar-refractivity contribution in [2.45, 2.75) is 32.1 Å². The monoisotopic (exact) mass is 252 g/mol. The van der Waals surface area contributed by atoms with Gasteiger partial charge in [0.15, 0.2) is 0 Å². The summed E-state index contributed by atoms with van der Waals surface area (Å²) in [6, 6.07) is -0.253. The number of rotatable bonds is 3. The van der Waals surface area contributed by atoms with Crippen molar-refractivity contribution in [3.8, 4) is 12.3 Å². The van der Waals surface area contributed by atoms with E-state index in [9.17, 15) is 9.59 Å². The standard InChI is InChI=1S/C13H20N2O3/c1-2-8-15(11-12(16)17)13(18)14-9-6-4-3-5-7-10-14/h1H,3-11H2,(H,16,17). The summed E-state index contributed by atoms with van der Waals surface area (Å²) in [4.78, 5) is 25.8. The van der Waals surface area contributed by atoms with E-state index in [0.29, 0.717) is 13.1 Å². The number of hydrogen-bond donors (Lipinski definition) is 1. The molecule has 1 aliphatic heterocycles. The average Bonchev–Trinajstić information content (AvgIpc) is 2.26. The molecule has 1 rings (SSSR count). The largest absolute Gasteiger partial charge is 0.480 e. The van der Waals surface area contributed by atoms with Gasteiger partial charge in [-0.25, -0.2) is 4.79 Å². The molecule has 0 spiro atoms. The third-order valence-electron chi connectivity index (χ3n) is 3.01. The van der Waals surface area contributed by atoms with Gasteiger partial charge in [0, 0.05) is 13.1 Å². The number of carboxylic acid groups (broad SMARTS) is 1. The number of nitrogens with zero attached hydrogens (tertiary/aromatic N) is 2. The Morgan fingerprint density at radius 2 is 1.72 bits per heavy atom. The fourth-order valence-corrected chi connectivity index (χ4v) is 2.10. The Kier molecular flexibility index (Phi) is 6.06. The smallest absolute Gasteiger partial charge is 0.323 e. The molecule has 0 aromatic heterocycles. The van der Waals surface area contributed by atoms with Gasteiger partial charge in [-0.2, -0.15) is 0 Å². The number of aliphatic carboxylic acids is 1. The van der Waals surface area contributed by atoms with Gasteiger partial charge >= 0.3 is 12.0 Å². The van der Waals surface area contributed by atoms with Gasteiger partial charge in [0.1, 0.15) is 6.54 Å². The summed E-state index contributed by atoms with van der Waals surface area (Å²) >= 11 is 0. The fourth-order valence-electron chi connectivity index (χ4n) is 2.10. The lowest BCUT2D eigenvalue weighted by Gasteiger charge is -2.30. The quantitative estimate of drug-likeness (QED) is 0.772. The molecule has 0 aromatic rings. The molecule has 0 saturated carbocycles. The molecule has 0 atom stereocenters. The van der Waals surface area contributed by atoms with Gasteiger partial charge in [0.05, 0.1) is 6.54 Å². The van der Waals surface area contributed by atoms with Crippen LogP contribution in [0.4, 0.5) is 4.79 Å². The summed E-state index contributed by atoms with van der Waals surface area (Å²) in [5.74, 6) is 1.30. The summed E-state index contributed by atoms with van der Waals surface area (Å²) < 4.78 is 0. The van der Waals surface area contributed by atoms with Crippen LogP contribution < -0.4 is 0 Å². The van der Waals surface area contributed by atoms with Crippen LogP contribution in [0.1, 0.15) is 32.1 Å². The van der Waals surface area contributed by atoms with Gasteiger partial charge in [-0.05, 0) is 12.8 Å². The van der Waals surface area contributed by atoms with Crippen LogP contribution >= 0.6 is 0 Å². The van der Waals surface area contributed by atoms with E-state index in [-0.39, 0.29) is 19.1 Å². The lowest BCUT2D eigenvalue weighted by molar-refractivity contribution is -0.137. The normalized spacial score (nSPS) is 16.3. The first-order valence-electron chi connectivity index (χ1n) is 6.34. The summed E-state index contributed by atoms with van der Waals surface area (Å²) in [5.41, 5.74) is 0. The average molecular weight is 252 g/mol. The molecule has 0 bridgehead atoms. The van der Waals surface area contributed by atoms with Crippen LogP contribution in [-0.4, -0.2) is 53.1 Å². The highest BCUT2D eigenvalue weighted by molar-refractivity contribution is 5.80. The Morgan fingerprint density at radius 1 is 1.17 bits per heavy atom. The molecule has 0 aromatic carbocycles. The summed E-state index contributed by atoms with van der Waals surface area (Å²) in [6.07, 6.45) is 10.6. The molecule has 5 heteroatoms. The molecule has 1 fully saturated rings. The van der Waals surface area contributed by atoms with E-state index in [2.05, 4.69) is 5.92 Å². The van der Waals surface area contributed by atoms with E-state index in [1.165, 1.54) is 11.3 Å². The van der Waals surface area contributed by atoms with Crippen LogP contribution in [0.15, 0.2) is 0 Å². The van der Waals surface area contributed by atoms with E-state index < -0.39 is 5.97 Å². The van der Waals surface area contributed by atoms with Crippen LogP contribution in [0.2, 0.25) is 0 Å². The maximum absolute atomic E-state index is 12.2. The van der Waals surface area contributed by atoms with Crippen LogP contribution in [-0.2, 0) is 4.79 Å². The fraction of sp³-hybridized carbons (Fsp3) is 0.692. The third kappa shape index (κ3) is 4.66. The molecule has 18 heavy (non-hydrogen) atoms. The van der Waals surface area contributed by atoms with Crippen LogP contribution in [0.5, 0.6) is 0 Å². The first kappa shape index (κ1) is 14.4. The zero-order chi connectivity index (χ0) is 13.4. The second-order valence-electron chi connectivity index (χ2n) is 4.49. The molecular formula is C13H20N2O3. The predicted octanol–water partition coefficient (Wildman–Crippen LogP) is 1.39. The second-order valence-corrected chi connectivity index (χ2v) is 4.49. The number of likely N-dealkylation sites (tertiary alicyclic amines) is 1.